The summed E-state index contributed by atoms with van der Waals surface area (Å²) in [6.45, 7) is 20.8. The molecule has 0 atom stereocenters. The Morgan fingerprint density at radius 1 is 0.282 bits per heavy atom. The molecule has 538 valence electrons. The number of hydrogen-bond acceptors (Lipinski definition) is 0. The minimum absolute atomic E-state index is 0. The number of aryl methyl sites for hydroxylation is 19. The Kier molecular flexibility index (Phi) is 23.3. The van der Waals surface area contributed by atoms with Crippen LogP contribution in [0.2, 0.25) is 0 Å². The van der Waals surface area contributed by atoms with E-state index in [1.807, 2.05) is 73.7 Å². The third kappa shape index (κ3) is 19.6. The Hall–Kier alpha value is -9.64. The standard InChI is InChI=1S/3C24H28N.C23H26N.4CH4/c1-16(2)23-15-25(6)24(13-19(23)5)22-14-21(17(3)12-18(22)4)20-10-8-7-9-11-20;2*1-6-19-14-24(25(5)16-20(19)7-2)23-15-22(17(3)13-18(23)4)21-11-9-8-10-12-21;1-6-19-13-23(24(5)15-18(19)4)22-14-21(16(2)12-17(22)3)20-10-8-7-9-11-20;;;;/h7-16H,1-6H3;2*8-16H,6-7H2,1-5H3;7-15H,6H2,1-5H3;4*1H4/q4*+1;;;;/i;3D3,6D2,7D2;;2D3,4D3,6D2;;;;. The van der Waals surface area contributed by atoms with Gasteiger partial charge in [0.25, 0.3) is 0 Å². The number of rotatable bonds is 14. The van der Waals surface area contributed by atoms with Gasteiger partial charge in [0.15, 0.2) is 24.8 Å². The fourth-order valence-electron chi connectivity index (χ4n) is 13.5. The second-order valence-electron chi connectivity index (χ2n) is 26.4. The Morgan fingerprint density at radius 3 is 0.893 bits per heavy atom. The van der Waals surface area contributed by atoms with E-state index in [1.54, 1.807) is 66.7 Å². The van der Waals surface area contributed by atoms with Crippen molar-refractivity contribution in [1.82, 2.24) is 0 Å². The van der Waals surface area contributed by atoms with Crippen molar-refractivity contribution in [3.8, 4) is 89.5 Å². The van der Waals surface area contributed by atoms with Gasteiger partial charge in [0.2, 0.25) is 22.8 Å². The lowest BCUT2D eigenvalue weighted by Crippen LogP contribution is -2.32. The van der Waals surface area contributed by atoms with Gasteiger partial charge in [-0.25, -0.2) is 18.3 Å². The molecule has 0 aliphatic carbocycles. The first-order chi connectivity index (χ1) is 53.1. The molecule has 0 radical (unpaired) electrons. The van der Waals surface area contributed by atoms with Gasteiger partial charge < -0.3 is 0 Å². The highest BCUT2D eigenvalue weighted by Gasteiger charge is 2.23. The van der Waals surface area contributed by atoms with E-state index in [2.05, 4.69) is 195 Å². The van der Waals surface area contributed by atoms with Crippen LogP contribution < -0.4 is 18.3 Å². The fourth-order valence-corrected chi connectivity index (χ4v) is 13.5. The minimum Gasteiger partial charge on any atom is -0.201 e. The summed E-state index contributed by atoms with van der Waals surface area (Å²) in [4.78, 5) is 0. The molecule has 0 spiro atoms. The van der Waals surface area contributed by atoms with Gasteiger partial charge in [-0.3, -0.25) is 0 Å². The van der Waals surface area contributed by atoms with Gasteiger partial charge in [0.05, 0.1) is 0 Å². The molecule has 4 heteroatoms. The average Bonchev–Trinajstić information content (AvgIpc) is 0.757. The Bertz CT molecular complexity index is 5250. The summed E-state index contributed by atoms with van der Waals surface area (Å²) in [6, 6.07) is 64.2. The van der Waals surface area contributed by atoms with E-state index in [-0.39, 0.29) is 63.1 Å². The molecule has 0 amide bonds. The predicted molar refractivity (Wildman–Crippen MR) is 449 cm³/mol. The smallest absolute Gasteiger partial charge is 0.201 e. The van der Waals surface area contributed by atoms with E-state index in [0.717, 1.165) is 35.1 Å². The molecule has 4 heterocycles. The van der Waals surface area contributed by atoms with Crippen molar-refractivity contribution in [2.75, 3.05) is 0 Å². The minimum atomic E-state index is -2.47. The third-order valence-electron chi connectivity index (χ3n) is 19.0. The van der Waals surface area contributed by atoms with Gasteiger partial charge in [-0.05, 0) is 242 Å². The molecule has 0 N–H and O–H groups in total. The monoisotopic (exact) mass is 1390 g/mol. The van der Waals surface area contributed by atoms with E-state index in [4.69, 9.17) is 20.6 Å². The molecular formula is C99H126N4+4. The van der Waals surface area contributed by atoms with E-state index in [0.29, 0.717) is 39.6 Å². The van der Waals surface area contributed by atoms with Crippen LogP contribution in [0.4, 0.5) is 0 Å². The van der Waals surface area contributed by atoms with Gasteiger partial charge in [0, 0.05) is 89.3 Å². The van der Waals surface area contributed by atoms with Gasteiger partial charge in [-0.2, -0.15) is 0 Å². The van der Waals surface area contributed by atoms with Crippen LogP contribution in [0.25, 0.3) is 89.5 Å². The Labute approximate surface area is 646 Å². The zero-order valence-corrected chi connectivity index (χ0v) is 61.6. The van der Waals surface area contributed by atoms with Crippen LogP contribution in [0.1, 0.15) is 194 Å². The van der Waals surface area contributed by atoms with Gasteiger partial charge in [0.1, 0.15) is 28.2 Å². The molecule has 0 aliphatic rings. The van der Waals surface area contributed by atoms with E-state index >= 15 is 0 Å². The van der Waals surface area contributed by atoms with Crippen LogP contribution in [-0.4, -0.2) is 0 Å². The lowest BCUT2D eigenvalue weighted by atomic mass is 9.92. The molecule has 12 rings (SSSR count). The lowest BCUT2D eigenvalue weighted by molar-refractivity contribution is -0.661. The van der Waals surface area contributed by atoms with Crippen LogP contribution in [0, 0.1) is 69.0 Å². The quantitative estimate of drug-likeness (QED) is 0.0965. The third-order valence-corrected chi connectivity index (χ3v) is 19.0. The van der Waals surface area contributed by atoms with Gasteiger partial charge in [-0.1, -0.05) is 224 Å². The molecule has 103 heavy (non-hydrogen) atoms. The van der Waals surface area contributed by atoms with Gasteiger partial charge >= 0.3 is 0 Å². The number of pyridine rings is 4. The zero-order chi connectivity index (χ0) is 84.2. The molecule has 4 nitrogen and oxygen atoms in total. The van der Waals surface area contributed by atoms with Crippen LogP contribution in [0.3, 0.4) is 0 Å². The SMILES string of the molecule is C.C.C.C.CCc1cc(-c2cc(-c3ccccc3)c(C)cc2C)[n+](C)cc1CC.Cc1cc(C)c(-c2cc(C)c(C(C)C)c[n+]2C)cc1-c1ccccc1.[2H]C([2H])([2H])c1cc(C)c(-c2cc(C([2H])([2H])C)c(C([2H])([2H])C)c[n+]2C)cc1-c1ccccc1.[2H]C([2H])([2H])c1cc(C)c(-c2cc(C([2H])([2H])C)c(C([2H])([2H])[2H])c[n+]2C)cc1-c1ccccc1. The van der Waals surface area contributed by atoms with Crippen molar-refractivity contribution in [2.45, 2.75) is 185 Å². The first-order valence-corrected chi connectivity index (χ1v) is 34.5. The maximum Gasteiger partial charge on any atom is 0.212 e. The molecule has 0 aliphatic heterocycles. The molecule has 0 fully saturated rings. The van der Waals surface area contributed by atoms with Crippen LogP contribution >= 0.6 is 0 Å². The number of benzene rings is 8. The second-order valence-corrected chi connectivity index (χ2v) is 26.4. The fraction of sp³-hybridized carbons (Fsp3) is 0.313. The van der Waals surface area contributed by atoms with Crippen molar-refractivity contribution < 1.29 is 38.8 Å². The van der Waals surface area contributed by atoms with Crippen molar-refractivity contribution in [3.05, 3.63) is 308 Å². The first-order valence-electron chi connectivity index (χ1n) is 42.0. The summed E-state index contributed by atoms with van der Waals surface area (Å²) < 4.78 is 129. The summed E-state index contributed by atoms with van der Waals surface area (Å²) in [6.07, 6.45) is 4.48. The van der Waals surface area contributed by atoms with Crippen LogP contribution in [0.5, 0.6) is 0 Å². The van der Waals surface area contributed by atoms with Crippen LogP contribution in [0.15, 0.2) is 219 Å². The topological polar surface area (TPSA) is 15.5 Å². The van der Waals surface area contributed by atoms with Crippen molar-refractivity contribution >= 4 is 0 Å². The van der Waals surface area contributed by atoms with Crippen molar-refractivity contribution in [2.24, 2.45) is 28.2 Å². The number of hydrogen-bond donors (Lipinski definition) is 0. The van der Waals surface area contributed by atoms with E-state index < -0.39 is 39.7 Å². The predicted octanol–water partition coefficient (Wildman–Crippen LogP) is 24.9. The van der Waals surface area contributed by atoms with Crippen LogP contribution in [-0.2, 0) is 60.2 Å². The highest BCUT2D eigenvalue weighted by atomic mass is 14.9. The summed E-state index contributed by atoms with van der Waals surface area (Å²) in [5, 5.41) is 0. The Morgan fingerprint density at radius 2 is 0.563 bits per heavy atom. The number of nitrogens with zero attached hydrogens (tertiary/aromatic N) is 4. The molecule has 0 saturated heterocycles. The largest absolute Gasteiger partial charge is 0.212 e. The highest BCUT2D eigenvalue weighted by Crippen LogP contribution is 2.37. The summed E-state index contributed by atoms with van der Waals surface area (Å²) in [5.74, 6) is 0.541. The van der Waals surface area contributed by atoms with E-state index in [9.17, 15) is 0 Å². The van der Waals surface area contributed by atoms with Gasteiger partial charge in [-0.15, -0.1) is 0 Å². The zero-order valence-electron chi connectivity index (χ0n) is 76.6. The number of aromatic nitrogens is 4. The molecule has 0 bridgehead atoms. The van der Waals surface area contributed by atoms with E-state index in [1.165, 1.54) is 116 Å². The van der Waals surface area contributed by atoms with Crippen molar-refractivity contribution in [1.29, 1.82) is 0 Å². The maximum atomic E-state index is 8.29. The second kappa shape index (κ2) is 38.0. The molecule has 0 unspecified atom stereocenters. The maximum absolute atomic E-state index is 8.29. The summed E-state index contributed by atoms with van der Waals surface area (Å²) >= 11 is 0. The Balaban J connectivity index is 0.000000279. The summed E-state index contributed by atoms with van der Waals surface area (Å²) in [7, 11) is 7.81. The van der Waals surface area contributed by atoms with Crippen molar-refractivity contribution in [3.63, 3.8) is 0 Å². The summed E-state index contributed by atoms with van der Waals surface area (Å²) in [5.41, 5.74) is 29.4. The molecule has 4 aromatic heterocycles. The average molecular weight is 1390 g/mol. The molecule has 8 aromatic carbocycles. The normalized spacial score (nSPS) is 13.5. The molecular weight excluding hydrogens is 1250 g/mol. The molecule has 0 saturated carbocycles. The molecule has 12 aromatic rings. The first kappa shape index (κ1) is 63.1. The lowest BCUT2D eigenvalue weighted by Gasteiger charge is -2.14. The highest BCUT2D eigenvalue weighted by molar-refractivity contribution is 5.80.